The summed E-state index contributed by atoms with van der Waals surface area (Å²) < 4.78 is 43.1. The molecule has 192 valence electrons. The van der Waals surface area contributed by atoms with Gasteiger partial charge in [-0.2, -0.15) is 0 Å². The second-order valence-electron chi connectivity index (χ2n) is 8.49. The van der Waals surface area contributed by atoms with Gasteiger partial charge in [0.25, 0.3) is 0 Å². The van der Waals surface area contributed by atoms with Gasteiger partial charge < -0.3 is 4.74 Å². The standard InChI is InChI=1S/C28H18Cl2F3N3OS/c29-20-3-9-25(30)19(12-20)13-23(38)15-34-14-17-1-8-24-18(11-17)2-10-26-27(24)35-16-36(26)21-4-6-22(7-5-21)37-28(31,32)33/h1-12,14,16H,13,15H2. The monoisotopic (exact) mass is 571 g/mol. The second kappa shape index (κ2) is 10.7. The van der Waals surface area contributed by atoms with Crippen molar-refractivity contribution in [2.24, 2.45) is 4.99 Å². The van der Waals surface area contributed by atoms with Crippen molar-refractivity contribution in [2.75, 3.05) is 6.54 Å². The summed E-state index contributed by atoms with van der Waals surface area (Å²) in [6.45, 7) is 0.381. The molecule has 5 aromatic rings. The van der Waals surface area contributed by atoms with Gasteiger partial charge >= 0.3 is 6.36 Å². The molecule has 38 heavy (non-hydrogen) atoms. The molecule has 0 atom stereocenters. The summed E-state index contributed by atoms with van der Waals surface area (Å²) in [4.78, 5) is 9.79. The van der Waals surface area contributed by atoms with Gasteiger partial charge in [-0.15, -0.1) is 13.2 Å². The van der Waals surface area contributed by atoms with E-state index in [0.29, 0.717) is 28.7 Å². The van der Waals surface area contributed by atoms with Crippen molar-refractivity contribution in [3.8, 4) is 11.4 Å². The molecule has 4 aromatic carbocycles. The van der Waals surface area contributed by atoms with Crippen molar-refractivity contribution in [1.29, 1.82) is 0 Å². The van der Waals surface area contributed by atoms with Gasteiger partial charge in [0.05, 0.1) is 17.6 Å². The lowest BCUT2D eigenvalue weighted by Crippen LogP contribution is -2.17. The van der Waals surface area contributed by atoms with Crippen LogP contribution in [0.4, 0.5) is 13.2 Å². The number of thiocarbonyl (C=S) groups is 1. The molecule has 0 bridgehead atoms. The predicted octanol–water partition coefficient (Wildman–Crippen LogP) is 8.42. The van der Waals surface area contributed by atoms with Crippen LogP contribution in [-0.4, -0.2) is 33.5 Å². The van der Waals surface area contributed by atoms with E-state index in [0.717, 1.165) is 37.8 Å². The van der Waals surface area contributed by atoms with E-state index in [1.165, 1.54) is 12.1 Å². The van der Waals surface area contributed by atoms with Crippen molar-refractivity contribution >= 4 is 68.3 Å². The van der Waals surface area contributed by atoms with Crippen LogP contribution in [0.15, 0.2) is 84.1 Å². The highest BCUT2D eigenvalue weighted by molar-refractivity contribution is 7.80. The molecule has 0 saturated heterocycles. The number of halogens is 5. The van der Waals surface area contributed by atoms with Gasteiger partial charge in [-0.05, 0) is 71.1 Å². The molecule has 10 heteroatoms. The predicted molar refractivity (Wildman–Crippen MR) is 150 cm³/mol. The summed E-state index contributed by atoms with van der Waals surface area (Å²) >= 11 is 17.7. The lowest BCUT2D eigenvalue weighted by Gasteiger charge is -2.10. The normalized spacial score (nSPS) is 12.0. The molecule has 0 amide bonds. The second-order valence-corrected chi connectivity index (χ2v) is 9.91. The third-order valence-corrected chi connectivity index (χ3v) is 6.69. The summed E-state index contributed by atoms with van der Waals surface area (Å²) in [7, 11) is 0. The average Bonchev–Trinajstić information content (AvgIpc) is 3.30. The first-order chi connectivity index (χ1) is 18.2. The number of aromatic nitrogens is 2. The van der Waals surface area contributed by atoms with Crippen LogP contribution in [0.5, 0.6) is 5.75 Å². The van der Waals surface area contributed by atoms with E-state index < -0.39 is 6.36 Å². The minimum Gasteiger partial charge on any atom is -0.406 e. The Morgan fingerprint density at radius 3 is 2.55 bits per heavy atom. The maximum Gasteiger partial charge on any atom is 0.573 e. The van der Waals surface area contributed by atoms with E-state index in [4.69, 9.17) is 35.4 Å². The number of rotatable bonds is 7. The minimum atomic E-state index is -4.73. The Morgan fingerprint density at radius 1 is 1.00 bits per heavy atom. The van der Waals surface area contributed by atoms with E-state index in [1.807, 2.05) is 41.0 Å². The van der Waals surface area contributed by atoms with Crippen LogP contribution in [-0.2, 0) is 6.42 Å². The zero-order valence-corrected chi connectivity index (χ0v) is 21.9. The molecule has 0 spiro atoms. The largest absolute Gasteiger partial charge is 0.573 e. The Bertz CT molecular complexity index is 1680. The van der Waals surface area contributed by atoms with Crippen LogP contribution in [0, 0.1) is 0 Å². The third kappa shape index (κ3) is 5.99. The summed E-state index contributed by atoms with van der Waals surface area (Å²) in [6.07, 6.45) is -0.795. The lowest BCUT2D eigenvalue weighted by molar-refractivity contribution is -0.274. The first-order valence-electron chi connectivity index (χ1n) is 11.4. The van der Waals surface area contributed by atoms with E-state index in [1.54, 1.807) is 36.8 Å². The molecule has 1 aromatic heterocycles. The number of benzene rings is 4. The zero-order chi connectivity index (χ0) is 26.9. The highest BCUT2D eigenvalue weighted by Gasteiger charge is 2.31. The first kappa shape index (κ1) is 26.2. The van der Waals surface area contributed by atoms with Gasteiger partial charge in [-0.1, -0.05) is 53.6 Å². The van der Waals surface area contributed by atoms with Gasteiger partial charge in [0, 0.05) is 38.6 Å². The van der Waals surface area contributed by atoms with Crippen LogP contribution >= 0.6 is 35.4 Å². The Hall–Kier alpha value is -3.46. The van der Waals surface area contributed by atoms with Crippen LogP contribution in [0.1, 0.15) is 11.1 Å². The fourth-order valence-electron chi connectivity index (χ4n) is 4.12. The van der Waals surface area contributed by atoms with Crippen molar-refractivity contribution < 1.29 is 17.9 Å². The molecule has 4 nitrogen and oxygen atoms in total. The molecule has 0 fully saturated rings. The Morgan fingerprint density at radius 2 is 1.79 bits per heavy atom. The van der Waals surface area contributed by atoms with Crippen LogP contribution in [0.3, 0.4) is 0 Å². The van der Waals surface area contributed by atoms with Gasteiger partial charge in [-0.3, -0.25) is 9.56 Å². The SMILES string of the molecule is FC(F)(F)Oc1ccc(-n2cnc3c4ccc(C=NCC(=S)Cc5cc(Cl)ccc5Cl)cc4ccc32)cc1. The van der Waals surface area contributed by atoms with Gasteiger partial charge in [0.2, 0.25) is 0 Å². The fourth-order valence-corrected chi connectivity index (χ4v) is 4.73. The minimum absolute atomic E-state index is 0.278. The Balaban J connectivity index is 1.32. The van der Waals surface area contributed by atoms with E-state index in [2.05, 4.69) is 14.7 Å². The molecule has 0 saturated carbocycles. The average molecular weight is 572 g/mol. The molecule has 1 heterocycles. The number of hydrogen-bond acceptors (Lipinski definition) is 4. The molecular formula is C28H18Cl2F3N3OS. The van der Waals surface area contributed by atoms with Crippen LogP contribution in [0.2, 0.25) is 10.0 Å². The Labute approximate surface area is 231 Å². The van der Waals surface area contributed by atoms with Crippen molar-refractivity contribution in [1.82, 2.24) is 9.55 Å². The maximum atomic E-state index is 12.5. The van der Waals surface area contributed by atoms with Gasteiger partial charge in [-0.25, -0.2) is 4.98 Å². The lowest BCUT2D eigenvalue weighted by atomic mass is 10.1. The van der Waals surface area contributed by atoms with Crippen molar-refractivity contribution in [3.05, 3.63) is 100 Å². The van der Waals surface area contributed by atoms with Crippen molar-refractivity contribution in [3.63, 3.8) is 0 Å². The molecule has 0 aliphatic rings. The van der Waals surface area contributed by atoms with E-state index in [9.17, 15) is 13.2 Å². The van der Waals surface area contributed by atoms with Crippen LogP contribution in [0.25, 0.3) is 27.5 Å². The molecule has 0 aliphatic heterocycles. The van der Waals surface area contributed by atoms with Crippen molar-refractivity contribution in [2.45, 2.75) is 12.8 Å². The quantitative estimate of drug-likeness (QED) is 0.145. The van der Waals surface area contributed by atoms with Gasteiger partial charge in [0.1, 0.15) is 12.1 Å². The topological polar surface area (TPSA) is 39.4 Å². The van der Waals surface area contributed by atoms with Gasteiger partial charge in [0.15, 0.2) is 0 Å². The smallest absolute Gasteiger partial charge is 0.406 e. The third-order valence-electron chi connectivity index (χ3n) is 5.81. The zero-order valence-electron chi connectivity index (χ0n) is 19.5. The molecular weight excluding hydrogens is 554 g/mol. The highest BCUT2D eigenvalue weighted by Crippen LogP contribution is 2.29. The fraction of sp³-hybridized carbons (Fsp3) is 0.107. The summed E-state index contributed by atoms with van der Waals surface area (Å²) in [5.41, 5.74) is 4.06. The molecule has 0 unspecified atom stereocenters. The Kier molecular flexibility index (Phi) is 7.38. The summed E-state index contributed by atoms with van der Waals surface area (Å²) in [6, 6.07) is 20.8. The highest BCUT2D eigenvalue weighted by atomic mass is 35.5. The number of nitrogens with zero attached hydrogens (tertiary/aromatic N) is 3. The number of alkyl halides is 3. The number of imidazole rings is 1. The summed E-state index contributed by atoms with van der Waals surface area (Å²) in [5.74, 6) is -0.278. The summed E-state index contributed by atoms with van der Waals surface area (Å²) in [5, 5.41) is 3.16. The van der Waals surface area contributed by atoms with E-state index >= 15 is 0 Å². The first-order valence-corrected chi connectivity index (χ1v) is 12.5. The number of ether oxygens (including phenoxy) is 1. The number of hydrogen-bond donors (Lipinski definition) is 0. The van der Waals surface area contributed by atoms with E-state index in [-0.39, 0.29) is 5.75 Å². The maximum absolute atomic E-state index is 12.5. The number of fused-ring (bicyclic) bond motifs is 3. The molecule has 0 aliphatic carbocycles. The van der Waals surface area contributed by atoms with Crippen LogP contribution < -0.4 is 4.74 Å². The number of aliphatic imine (C=N–C) groups is 1. The molecule has 5 rings (SSSR count). The molecule has 0 radical (unpaired) electrons. The molecule has 0 N–H and O–H groups in total.